The predicted molar refractivity (Wildman–Crippen MR) is 77.5 cm³/mol. The lowest BCUT2D eigenvalue weighted by molar-refractivity contribution is 0.157. The number of aliphatic hydroxyl groups excluding tert-OH is 1. The van der Waals surface area contributed by atoms with Crippen molar-refractivity contribution in [3.05, 3.63) is 0 Å². The molecule has 0 aromatic heterocycles. The SMILES string of the molecule is CCC1CCC(CCC2CCC(CO)CC2)CC1. The Hall–Kier alpha value is -0.0400. The lowest BCUT2D eigenvalue weighted by atomic mass is 9.75. The van der Waals surface area contributed by atoms with E-state index in [1.807, 2.05) is 0 Å². The Morgan fingerprint density at radius 3 is 1.44 bits per heavy atom. The molecule has 106 valence electrons. The summed E-state index contributed by atoms with van der Waals surface area (Å²) in [6.07, 6.45) is 15.7. The highest BCUT2D eigenvalue weighted by atomic mass is 16.3. The summed E-state index contributed by atoms with van der Waals surface area (Å²) < 4.78 is 0. The van der Waals surface area contributed by atoms with Gasteiger partial charge in [-0.25, -0.2) is 0 Å². The van der Waals surface area contributed by atoms with Gasteiger partial charge in [0.25, 0.3) is 0 Å². The fourth-order valence-electron chi connectivity index (χ4n) is 4.10. The third-order valence-corrected chi connectivity index (χ3v) is 5.75. The van der Waals surface area contributed by atoms with Gasteiger partial charge in [-0.3, -0.25) is 0 Å². The normalized spacial score (nSPS) is 37.7. The fraction of sp³-hybridized carbons (Fsp3) is 1.00. The van der Waals surface area contributed by atoms with E-state index in [0.29, 0.717) is 12.5 Å². The van der Waals surface area contributed by atoms with Crippen molar-refractivity contribution in [1.82, 2.24) is 0 Å². The third kappa shape index (κ3) is 4.26. The van der Waals surface area contributed by atoms with Crippen LogP contribution in [-0.2, 0) is 0 Å². The van der Waals surface area contributed by atoms with Crippen LogP contribution in [0, 0.1) is 23.7 Å². The first-order valence-electron chi connectivity index (χ1n) is 8.42. The molecule has 2 aliphatic carbocycles. The molecule has 0 spiro atoms. The minimum absolute atomic E-state index is 0.424. The summed E-state index contributed by atoms with van der Waals surface area (Å²) in [5.41, 5.74) is 0. The Morgan fingerprint density at radius 2 is 1.06 bits per heavy atom. The maximum absolute atomic E-state index is 9.16. The minimum Gasteiger partial charge on any atom is -0.396 e. The van der Waals surface area contributed by atoms with Crippen LogP contribution in [0.5, 0.6) is 0 Å². The van der Waals surface area contributed by atoms with Gasteiger partial charge in [0, 0.05) is 6.61 Å². The van der Waals surface area contributed by atoms with Gasteiger partial charge in [-0.1, -0.05) is 64.7 Å². The van der Waals surface area contributed by atoms with Crippen molar-refractivity contribution < 1.29 is 5.11 Å². The molecule has 0 radical (unpaired) electrons. The van der Waals surface area contributed by atoms with Crippen LogP contribution in [0.3, 0.4) is 0 Å². The van der Waals surface area contributed by atoms with Gasteiger partial charge in [0.2, 0.25) is 0 Å². The van der Waals surface area contributed by atoms with Gasteiger partial charge in [0.05, 0.1) is 0 Å². The van der Waals surface area contributed by atoms with Gasteiger partial charge >= 0.3 is 0 Å². The Kier molecular flexibility index (Phi) is 6.01. The Labute approximate surface area is 113 Å². The van der Waals surface area contributed by atoms with E-state index < -0.39 is 0 Å². The molecule has 0 saturated heterocycles. The zero-order valence-corrected chi connectivity index (χ0v) is 12.2. The minimum atomic E-state index is 0.424. The molecular weight excluding hydrogens is 220 g/mol. The summed E-state index contributed by atoms with van der Waals surface area (Å²) in [5, 5.41) is 9.16. The van der Waals surface area contributed by atoms with E-state index in [-0.39, 0.29) is 0 Å². The number of rotatable bonds is 5. The second-order valence-electron chi connectivity index (χ2n) is 6.94. The zero-order valence-electron chi connectivity index (χ0n) is 12.2. The predicted octanol–water partition coefficient (Wildman–Crippen LogP) is 4.78. The molecule has 1 N–H and O–H groups in total. The fourth-order valence-corrected chi connectivity index (χ4v) is 4.10. The molecule has 0 aliphatic heterocycles. The monoisotopic (exact) mass is 252 g/mol. The molecule has 0 aromatic rings. The molecule has 0 amide bonds. The van der Waals surface area contributed by atoms with Gasteiger partial charge in [-0.05, 0) is 36.5 Å². The van der Waals surface area contributed by atoms with E-state index >= 15 is 0 Å². The lowest BCUT2D eigenvalue weighted by Crippen LogP contribution is -2.19. The van der Waals surface area contributed by atoms with Crippen molar-refractivity contribution in [3.63, 3.8) is 0 Å². The van der Waals surface area contributed by atoms with E-state index in [1.54, 1.807) is 0 Å². The first-order valence-corrected chi connectivity index (χ1v) is 8.42. The summed E-state index contributed by atoms with van der Waals surface area (Å²) in [7, 11) is 0. The van der Waals surface area contributed by atoms with Crippen molar-refractivity contribution in [2.45, 2.75) is 77.6 Å². The smallest absolute Gasteiger partial charge is 0.0459 e. The van der Waals surface area contributed by atoms with E-state index in [1.165, 1.54) is 70.6 Å². The average Bonchev–Trinajstić information content (AvgIpc) is 2.46. The maximum Gasteiger partial charge on any atom is 0.0459 e. The van der Waals surface area contributed by atoms with Crippen LogP contribution in [0.1, 0.15) is 77.6 Å². The summed E-state index contributed by atoms with van der Waals surface area (Å²) in [5.74, 6) is 3.70. The standard InChI is InChI=1S/C17H32O/c1-2-14-3-5-15(6-4-14)7-8-16-9-11-17(13-18)12-10-16/h14-18H,2-13H2,1H3. The summed E-state index contributed by atoms with van der Waals surface area (Å²) in [6.45, 7) is 2.78. The lowest BCUT2D eigenvalue weighted by Gasteiger charge is -2.31. The third-order valence-electron chi connectivity index (χ3n) is 5.75. The molecule has 0 aromatic carbocycles. The van der Waals surface area contributed by atoms with E-state index in [2.05, 4.69) is 6.92 Å². The highest BCUT2D eigenvalue weighted by molar-refractivity contribution is 4.76. The van der Waals surface area contributed by atoms with Crippen LogP contribution in [0.15, 0.2) is 0 Å². The topological polar surface area (TPSA) is 20.2 Å². The van der Waals surface area contributed by atoms with Crippen molar-refractivity contribution in [1.29, 1.82) is 0 Å². The van der Waals surface area contributed by atoms with E-state index in [9.17, 15) is 0 Å². The van der Waals surface area contributed by atoms with Gasteiger partial charge in [0.1, 0.15) is 0 Å². The molecule has 1 heteroatoms. The second-order valence-corrected chi connectivity index (χ2v) is 6.94. The van der Waals surface area contributed by atoms with Crippen LogP contribution in [0.25, 0.3) is 0 Å². The molecule has 2 rings (SSSR count). The first kappa shape index (κ1) is 14.4. The summed E-state index contributed by atoms with van der Waals surface area (Å²) in [6, 6.07) is 0. The molecule has 2 aliphatic rings. The largest absolute Gasteiger partial charge is 0.396 e. The van der Waals surface area contributed by atoms with Crippen molar-refractivity contribution in [2.24, 2.45) is 23.7 Å². The summed E-state index contributed by atoms with van der Waals surface area (Å²) in [4.78, 5) is 0. The number of hydrogen-bond acceptors (Lipinski definition) is 1. The quantitative estimate of drug-likeness (QED) is 0.746. The van der Waals surface area contributed by atoms with Gasteiger partial charge < -0.3 is 5.11 Å². The van der Waals surface area contributed by atoms with Crippen LogP contribution in [0.4, 0.5) is 0 Å². The van der Waals surface area contributed by atoms with Gasteiger partial charge in [-0.2, -0.15) is 0 Å². The van der Waals surface area contributed by atoms with Crippen LogP contribution in [-0.4, -0.2) is 11.7 Å². The molecule has 1 nitrogen and oxygen atoms in total. The highest BCUT2D eigenvalue weighted by Crippen LogP contribution is 2.37. The summed E-state index contributed by atoms with van der Waals surface area (Å²) >= 11 is 0. The number of hydrogen-bond donors (Lipinski definition) is 1. The Morgan fingerprint density at radius 1 is 0.667 bits per heavy atom. The molecule has 2 saturated carbocycles. The molecular formula is C17H32O. The molecule has 0 atom stereocenters. The molecule has 0 heterocycles. The van der Waals surface area contributed by atoms with Crippen LogP contribution >= 0.6 is 0 Å². The van der Waals surface area contributed by atoms with Crippen molar-refractivity contribution >= 4 is 0 Å². The van der Waals surface area contributed by atoms with Crippen molar-refractivity contribution in [2.75, 3.05) is 6.61 Å². The number of aliphatic hydroxyl groups is 1. The average molecular weight is 252 g/mol. The maximum atomic E-state index is 9.16. The van der Waals surface area contributed by atoms with Crippen LogP contribution in [0.2, 0.25) is 0 Å². The van der Waals surface area contributed by atoms with Gasteiger partial charge in [0.15, 0.2) is 0 Å². The zero-order chi connectivity index (χ0) is 12.8. The Bertz CT molecular complexity index is 186. The molecule has 2 fully saturated rings. The van der Waals surface area contributed by atoms with E-state index in [4.69, 9.17) is 5.11 Å². The second kappa shape index (κ2) is 7.53. The molecule has 0 bridgehead atoms. The first-order chi connectivity index (χ1) is 8.81. The van der Waals surface area contributed by atoms with Crippen molar-refractivity contribution in [3.8, 4) is 0 Å². The van der Waals surface area contributed by atoms with Gasteiger partial charge in [-0.15, -0.1) is 0 Å². The molecule has 18 heavy (non-hydrogen) atoms. The van der Waals surface area contributed by atoms with E-state index in [0.717, 1.165) is 17.8 Å². The van der Waals surface area contributed by atoms with Crippen LogP contribution < -0.4 is 0 Å². The highest BCUT2D eigenvalue weighted by Gasteiger charge is 2.23. The molecule has 0 unspecified atom stereocenters. The Balaban J connectivity index is 1.58.